The number of Topliss-reactive ketones (excluding diaryl/α,β-unsaturated/α-hetero) is 1. The molecule has 0 radical (unpaired) electrons. The normalized spacial score (nSPS) is 34.8. The Morgan fingerprint density at radius 1 is 1.50 bits per heavy atom. The highest BCUT2D eigenvalue weighted by Gasteiger charge is 2.71. The average molecular weight is 321 g/mol. The minimum atomic E-state index is -0.528. The molecular formula is C17H17ClO4. The Labute approximate surface area is 133 Å². The van der Waals surface area contributed by atoms with Gasteiger partial charge in [0.1, 0.15) is 11.4 Å². The third-order valence-corrected chi connectivity index (χ3v) is 5.49. The van der Waals surface area contributed by atoms with Crippen LogP contribution in [-0.4, -0.2) is 24.0 Å². The van der Waals surface area contributed by atoms with Crippen LogP contribution in [0.5, 0.6) is 5.75 Å². The van der Waals surface area contributed by atoms with Gasteiger partial charge in [-0.2, -0.15) is 0 Å². The van der Waals surface area contributed by atoms with Crippen molar-refractivity contribution in [3.05, 3.63) is 28.8 Å². The standard InChI is InChI=1S/C17H17ClO4/c1-2-21-16(20)14-10-5-6-17(15(10)14)8-12(19)11-7-9(18)3-4-13(11)22-17/h3-4,7,10,14-15H,2,5-6,8H2,1H3/t10-,14-,15+,17-/m1/s1. The molecule has 4 nitrogen and oxygen atoms in total. The lowest BCUT2D eigenvalue weighted by Gasteiger charge is -2.37. The molecule has 0 bridgehead atoms. The molecule has 0 unspecified atom stereocenters. The quantitative estimate of drug-likeness (QED) is 0.785. The molecule has 4 atom stereocenters. The Kier molecular flexibility index (Phi) is 3.02. The molecule has 5 heteroatoms. The van der Waals surface area contributed by atoms with Crippen LogP contribution in [0.4, 0.5) is 0 Å². The SMILES string of the molecule is CCOC(=O)[C@@H]1[C@H]2CC[C@@]3(CC(=O)c4cc(Cl)ccc4O3)[C@@H]21. The van der Waals surface area contributed by atoms with E-state index in [9.17, 15) is 9.59 Å². The smallest absolute Gasteiger partial charge is 0.309 e. The van der Waals surface area contributed by atoms with Gasteiger partial charge in [0.25, 0.3) is 0 Å². The predicted octanol–water partition coefficient (Wildman–Crippen LogP) is 3.26. The highest BCUT2D eigenvalue weighted by atomic mass is 35.5. The van der Waals surface area contributed by atoms with Crippen LogP contribution < -0.4 is 4.74 Å². The summed E-state index contributed by atoms with van der Waals surface area (Å²) in [5.41, 5.74) is 0.0231. The first-order valence-corrected chi connectivity index (χ1v) is 8.12. The highest BCUT2D eigenvalue weighted by molar-refractivity contribution is 6.31. The molecule has 1 aromatic rings. The topological polar surface area (TPSA) is 52.6 Å². The van der Waals surface area contributed by atoms with Gasteiger partial charge in [0.05, 0.1) is 24.5 Å². The van der Waals surface area contributed by atoms with Crippen LogP contribution in [0.15, 0.2) is 18.2 Å². The van der Waals surface area contributed by atoms with Gasteiger partial charge in [0, 0.05) is 10.9 Å². The van der Waals surface area contributed by atoms with E-state index in [0.717, 1.165) is 12.8 Å². The average Bonchev–Trinajstić information content (AvgIpc) is 3.13. The Bertz CT molecular complexity index is 671. The second kappa shape index (κ2) is 4.72. The molecular weight excluding hydrogens is 304 g/mol. The molecule has 2 aliphatic carbocycles. The summed E-state index contributed by atoms with van der Waals surface area (Å²) in [4.78, 5) is 24.5. The van der Waals surface area contributed by atoms with Gasteiger partial charge in [-0.3, -0.25) is 9.59 Å². The second-order valence-electron chi connectivity index (χ2n) is 6.41. The van der Waals surface area contributed by atoms with Crippen LogP contribution >= 0.6 is 11.6 Å². The number of rotatable bonds is 2. The molecule has 0 saturated heterocycles. The van der Waals surface area contributed by atoms with E-state index in [-0.39, 0.29) is 23.6 Å². The zero-order chi connectivity index (χ0) is 15.5. The molecule has 22 heavy (non-hydrogen) atoms. The molecule has 0 N–H and O–H groups in total. The van der Waals surface area contributed by atoms with Crippen LogP contribution in [0.2, 0.25) is 5.02 Å². The number of benzene rings is 1. The molecule has 2 fully saturated rings. The van der Waals surface area contributed by atoms with E-state index in [1.165, 1.54) is 0 Å². The lowest BCUT2D eigenvalue weighted by molar-refractivity contribution is -0.146. The number of fused-ring (bicyclic) bond motifs is 3. The van der Waals surface area contributed by atoms with E-state index in [1.54, 1.807) is 18.2 Å². The van der Waals surface area contributed by atoms with Gasteiger partial charge in [0.2, 0.25) is 0 Å². The summed E-state index contributed by atoms with van der Waals surface area (Å²) in [5, 5.41) is 0.534. The van der Waals surface area contributed by atoms with E-state index >= 15 is 0 Å². The molecule has 1 heterocycles. The molecule has 116 valence electrons. The largest absolute Gasteiger partial charge is 0.486 e. The van der Waals surface area contributed by atoms with Crippen LogP contribution in [0.25, 0.3) is 0 Å². The molecule has 2 saturated carbocycles. The number of hydrogen-bond donors (Lipinski definition) is 0. The lowest BCUT2D eigenvalue weighted by Crippen LogP contribution is -2.43. The Hall–Kier alpha value is -1.55. The summed E-state index contributed by atoms with van der Waals surface area (Å²) in [5.74, 6) is 0.819. The van der Waals surface area contributed by atoms with Crippen molar-refractivity contribution in [2.75, 3.05) is 6.61 Å². The zero-order valence-corrected chi connectivity index (χ0v) is 13.1. The van der Waals surface area contributed by atoms with Crippen molar-refractivity contribution in [1.82, 2.24) is 0 Å². The summed E-state index contributed by atoms with van der Waals surface area (Å²) in [6, 6.07) is 5.15. The van der Waals surface area contributed by atoms with Gasteiger partial charge in [-0.25, -0.2) is 0 Å². The van der Waals surface area contributed by atoms with Gasteiger partial charge in [0.15, 0.2) is 5.78 Å². The summed E-state index contributed by atoms with van der Waals surface area (Å²) < 4.78 is 11.4. The first-order chi connectivity index (χ1) is 10.6. The fourth-order valence-electron chi connectivity index (χ4n) is 4.34. The van der Waals surface area contributed by atoms with E-state index in [4.69, 9.17) is 21.1 Å². The first-order valence-electron chi connectivity index (χ1n) is 7.74. The third-order valence-electron chi connectivity index (χ3n) is 5.25. The fraction of sp³-hybridized carbons (Fsp3) is 0.529. The number of ether oxygens (including phenoxy) is 2. The summed E-state index contributed by atoms with van der Waals surface area (Å²) >= 11 is 5.96. The fourth-order valence-corrected chi connectivity index (χ4v) is 4.52. The monoisotopic (exact) mass is 320 g/mol. The summed E-state index contributed by atoms with van der Waals surface area (Å²) in [6.45, 7) is 2.20. The van der Waals surface area contributed by atoms with Gasteiger partial charge in [-0.1, -0.05) is 11.6 Å². The van der Waals surface area contributed by atoms with Crippen LogP contribution in [0.3, 0.4) is 0 Å². The van der Waals surface area contributed by atoms with Crippen molar-refractivity contribution in [2.24, 2.45) is 17.8 Å². The number of hydrogen-bond acceptors (Lipinski definition) is 4. The minimum Gasteiger partial charge on any atom is -0.486 e. The van der Waals surface area contributed by atoms with E-state index < -0.39 is 5.60 Å². The molecule has 1 aliphatic heterocycles. The van der Waals surface area contributed by atoms with Crippen LogP contribution in [0, 0.1) is 17.8 Å². The minimum absolute atomic E-state index is 0.0545. The van der Waals surface area contributed by atoms with E-state index in [0.29, 0.717) is 35.3 Å². The molecule has 0 aromatic heterocycles. The summed E-state index contributed by atoms with van der Waals surface area (Å²) in [7, 11) is 0. The molecule has 1 spiro atoms. The number of carbonyl (C=O) groups is 2. The number of carbonyl (C=O) groups excluding carboxylic acids is 2. The Balaban J connectivity index is 1.63. The summed E-state index contributed by atoms with van der Waals surface area (Å²) in [6.07, 6.45) is 2.08. The third kappa shape index (κ3) is 1.89. The van der Waals surface area contributed by atoms with Crippen LogP contribution in [-0.2, 0) is 9.53 Å². The highest BCUT2D eigenvalue weighted by Crippen LogP contribution is 2.66. The number of ketones is 1. The number of halogens is 1. The first kappa shape index (κ1) is 14.1. The van der Waals surface area contributed by atoms with Crippen molar-refractivity contribution in [3.8, 4) is 5.75 Å². The molecule has 0 amide bonds. The van der Waals surface area contributed by atoms with Crippen molar-refractivity contribution in [3.63, 3.8) is 0 Å². The lowest BCUT2D eigenvalue weighted by atomic mass is 9.84. The Morgan fingerprint density at radius 3 is 3.09 bits per heavy atom. The van der Waals surface area contributed by atoms with E-state index in [1.807, 2.05) is 6.92 Å². The van der Waals surface area contributed by atoms with Gasteiger partial charge >= 0.3 is 5.97 Å². The molecule has 4 rings (SSSR count). The maximum absolute atomic E-state index is 12.5. The molecule has 1 aromatic carbocycles. The number of esters is 1. The van der Waals surface area contributed by atoms with E-state index in [2.05, 4.69) is 0 Å². The van der Waals surface area contributed by atoms with Gasteiger partial charge in [-0.15, -0.1) is 0 Å². The maximum Gasteiger partial charge on any atom is 0.309 e. The second-order valence-corrected chi connectivity index (χ2v) is 6.85. The van der Waals surface area contributed by atoms with Crippen molar-refractivity contribution in [2.45, 2.75) is 31.8 Å². The maximum atomic E-state index is 12.5. The van der Waals surface area contributed by atoms with Crippen molar-refractivity contribution < 1.29 is 19.1 Å². The van der Waals surface area contributed by atoms with Crippen molar-refractivity contribution >= 4 is 23.4 Å². The predicted molar refractivity (Wildman–Crippen MR) is 80.1 cm³/mol. The molecule has 3 aliphatic rings. The Morgan fingerprint density at radius 2 is 2.32 bits per heavy atom. The van der Waals surface area contributed by atoms with Crippen LogP contribution in [0.1, 0.15) is 36.5 Å². The van der Waals surface area contributed by atoms with Gasteiger partial charge in [-0.05, 0) is 43.9 Å². The van der Waals surface area contributed by atoms with Gasteiger partial charge < -0.3 is 9.47 Å². The zero-order valence-electron chi connectivity index (χ0n) is 12.3. The van der Waals surface area contributed by atoms with Crippen molar-refractivity contribution in [1.29, 1.82) is 0 Å².